The first-order valence-electron chi connectivity index (χ1n) is 5.11. The van der Waals surface area contributed by atoms with Crippen molar-refractivity contribution in [3.63, 3.8) is 0 Å². The van der Waals surface area contributed by atoms with Crippen molar-refractivity contribution >= 4 is 11.8 Å². The summed E-state index contributed by atoms with van der Waals surface area (Å²) in [5.41, 5.74) is -1.07. The van der Waals surface area contributed by atoms with Gasteiger partial charge in [0.05, 0.1) is 24.9 Å². The van der Waals surface area contributed by atoms with Crippen LogP contribution in [0.1, 0.15) is 11.1 Å². The minimum atomic E-state index is -4.52. The van der Waals surface area contributed by atoms with Gasteiger partial charge in [0.15, 0.2) is 0 Å². The van der Waals surface area contributed by atoms with Crippen molar-refractivity contribution in [2.75, 3.05) is 12.4 Å². The zero-order valence-corrected chi connectivity index (χ0v) is 10.1. The molecule has 0 saturated heterocycles. The molecule has 3 nitrogen and oxygen atoms in total. The van der Waals surface area contributed by atoms with Crippen LogP contribution in [-0.2, 0) is 12.8 Å². The molecule has 0 aliphatic carbocycles. The van der Waals surface area contributed by atoms with Gasteiger partial charge in [0.2, 0.25) is 0 Å². The fourth-order valence-corrected chi connectivity index (χ4v) is 2.15. The average Bonchev–Trinajstić information content (AvgIpc) is 2.34. The summed E-state index contributed by atoms with van der Waals surface area (Å²) in [5, 5.41) is 26.6. The van der Waals surface area contributed by atoms with Crippen LogP contribution in [0.3, 0.4) is 0 Å². The highest BCUT2D eigenvalue weighted by molar-refractivity contribution is 7.99. The van der Waals surface area contributed by atoms with Crippen LogP contribution >= 0.6 is 11.8 Å². The summed E-state index contributed by atoms with van der Waals surface area (Å²) in [6, 6.07) is 3.58. The summed E-state index contributed by atoms with van der Waals surface area (Å²) < 4.78 is 38.0. The van der Waals surface area contributed by atoms with Crippen molar-refractivity contribution in [3.05, 3.63) is 29.3 Å². The van der Waals surface area contributed by atoms with E-state index >= 15 is 0 Å². The minimum absolute atomic E-state index is 0.103. The van der Waals surface area contributed by atoms with E-state index in [2.05, 4.69) is 0 Å². The molecule has 102 valence electrons. The Kier molecular flexibility index (Phi) is 5.46. The van der Waals surface area contributed by atoms with Crippen LogP contribution in [0.2, 0.25) is 0 Å². The SMILES string of the molecule is OCc1ccc(SCC(O)CO)cc1C(F)(F)F. The van der Waals surface area contributed by atoms with Crippen LogP contribution in [0.4, 0.5) is 13.2 Å². The van der Waals surface area contributed by atoms with E-state index in [1.54, 1.807) is 0 Å². The number of rotatable bonds is 5. The Morgan fingerprint density at radius 1 is 1.22 bits per heavy atom. The van der Waals surface area contributed by atoms with Gasteiger partial charge in [-0.3, -0.25) is 0 Å². The Balaban J connectivity index is 2.90. The first-order chi connectivity index (χ1) is 8.38. The molecule has 18 heavy (non-hydrogen) atoms. The van der Waals surface area contributed by atoms with Gasteiger partial charge in [-0.2, -0.15) is 13.2 Å². The third-order valence-corrected chi connectivity index (χ3v) is 3.35. The Hall–Kier alpha value is -0.760. The predicted octanol–water partition coefficient (Wildman–Crippen LogP) is 1.64. The molecule has 0 aromatic heterocycles. The summed E-state index contributed by atoms with van der Waals surface area (Å²) in [6.45, 7) is -1.12. The molecule has 0 bridgehead atoms. The molecule has 0 heterocycles. The highest BCUT2D eigenvalue weighted by atomic mass is 32.2. The van der Waals surface area contributed by atoms with E-state index < -0.39 is 31.1 Å². The minimum Gasteiger partial charge on any atom is -0.394 e. The molecule has 1 rings (SSSR count). The maximum Gasteiger partial charge on any atom is 0.416 e. The fourth-order valence-electron chi connectivity index (χ4n) is 1.29. The number of thioether (sulfide) groups is 1. The van der Waals surface area contributed by atoms with Crippen LogP contribution in [0.5, 0.6) is 0 Å². The lowest BCUT2D eigenvalue weighted by Gasteiger charge is -2.13. The number of alkyl halides is 3. The predicted molar refractivity (Wildman–Crippen MR) is 61.2 cm³/mol. The van der Waals surface area contributed by atoms with Gasteiger partial charge in [-0.05, 0) is 17.7 Å². The van der Waals surface area contributed by atoms with Gasteiger partial charge >= 0.3 is 6.18 Å². The van der Waals surface area contributed by atoms with Gasteiger partial charge in [0.1, 0.15) is 0 Å². The van der Waals surface area contributed by atoms with E-state index in [0.29, 0.717) is 4.90 Å². The first kappa shape index (κ1) is 15.3. The van der Waals surface area contributed by atoms with Crippen LogP contribution in [0.15, 0.2) is 23.1 Å². The Labute approximate surface area is 106 Å². The number of hydrogen-bond acceptors (Lipinski definition) is 4. The molecule has 0 saturated carbocycles. The van der Waals surface area contributed by atoms with Crippen molar-refractivity contribution in [1.29, 1.82) is 0 Å². The number of halogens is 3. The lowest BCUT2D eigenvalue weighted by molar-refractivity contribution is -0.138. The van der Waals surface area contributed by atoms with Crippen molar-refractivity contribution in [1.82, 2.24) is 0 Å². The largest absolute Gasteiger partial charge is 0.416 e. The molecule has 0 aliphatic heterocycles. The molecule has 1 unspecified atom stereocenters. The Morgan fingerprint density at radius 3 is 2.39 bits per heavy atom. The molecule has 3 N–H and O–H groups in total. The third-order valence-electron chi connectivity index (χ3n) is 2.21. The lowest BCUT2D eigenvalue weighted by atomic mass is 10.1. The van der Waals surface area contributed by atoms with Gasteiger partial charge in [0, 0.05) is 10.6 Å². The maximum absolute atomic E-state index is 12.7. The average molecular weight is 282 g/mol. The van der Waals surface area contributed by atoms with Gasteiger partial charge in [-0.1, -0.05) is 6.07 Å². The van der Waals surface area contributed by atoms with Crippen molar-refractivity contribution < 1.29 is 28.5 Å². The van der Waals surface area contributed by atoms with E-state index in [4.69, 9.17) is 15.3 Å². The maximum atomic E-state index is 12.7. The van der Waals surface area contributed by atoms with Crippen molar-refractivity contribution in [3.8, 4) is 0 Å². The van der Waals surface area contributed by atoms with E-state index in [1.165, 1.54) is 12.1 Å². The van der Waals surface area contributed by atoms with Gasteiger partial charge < -0.3 is 15.3 Å². The monoisotopic (exact) mass is 282 g/mol. The summed E-state index contributed by atoms with van der Waals surface area (Å²) >= 11 is 1.01. The topological polar surface area (TPSA) is 60.7 Å². The zero-order valence-electron chi connectivity index (χ0n) is 9.31. The summed E-state index contributed by atoms with van der Waals surface area (Å²) in [5.74, 6) is 0.103. The van der Waals surface area contributed by atoms with Crippen molar-refractivity contribution in [2.24, 2.45) is 0 Å². The second-order valence-electron chi connectivity index (χ2n) is 3.62. The molecule has 7 heteroatoms. The van der Waals surface area contributed by atoms with Crippen LogP contribution < -0.4 is 0 Å². The van der Waals surface area contributed by atoms with Crippen molar-refractivity contribution in [2.45, 2.75) is 23.8 Å². The van der Waals surface area contributed by atoms with E-state index in [0.717, 1.165) is 17.8 Å². The summed E-state index contributed by atoms with van der Waals surface area (Å²) in [7, 11) is 0. The Bertz CT molecular complexity index is 396. The molecular formula is C11H13F3O3S. The molecule has 1 aromatic rings. The smallest absolute Gasteiger partial charge is 0.394 e. The van der Waals surface area contributed by atoms with Crippen LogP contribution in [0.25, 0.3) is 0 Å². The fraction of sp³-hybridized carbons (Fsp3) is 0.455. The molecule has 0 aliphatic rings. The third kappa shape index (κ3) is 4.16. The van der Waals surface area contributed by atoms with Gasteiger partial charge in [-0.15, -0.1) is 11.8 Å². The van der Waals surface area contributed by atoms with E-state index in [1.807, 2.05) is 0 Å². The number of hydrogen-bond donors (Lipinski definition) is 3. The zero-order chi connectivity index (χ0) is 13.8. The molecule has 1 atom stereocenters. The van der Waals surface area contributed by atoms with E-state index in [9.17, 15) is 13.2 Å². The number of aliphatic hydroxyl groups is 3. The highest BCUT2D eigenvalue weighted by Crippen LogP contribution is 2.34. The number of benzene rings is 1. The molecule has 0 amide bonds. The molecular weight excluding hydrogens is 269 g/mol. The molecule has 0 radical (unpaired) electrons. The second-order valence-corrected chi connectivity index (χ2v) is 4.72. The van der Waals surface area contributed by atoms with Gasteiger partial charge in [0.25, 0.3) is 0 Å². The standard InChI is InChI=1S/C11H13F3O3S/c12-11(13,14)10-3-9(2-1-7(10)4-15)18-6-8(17)5-16/h1-3,8,15-17H,4-6H2. The normalized spacial score (nSPS) is 13.7. The number of aliphatic hydroxyl groups excluding tert-OH is 3. The quantitative estimate of drug-likeness (QED) is 0.719. The summed E-state index contributed by atoms with van der Waals surface area (Å²) in [4.78, 5) is 0.326. The van der Waals surface area contributed by atoms with Crippen LogP contribution in [0, 0.1) is 0 Å². The highest BCUT2D eigenvalue weighted by Gasteiger charge is 2.33. The molecule has 0 spiro atoms. The van der Waals surface area contributed by atoms with Gasteiger partial charge in [-0.25, -0.2) is 0 Å². The lowest BCUT2D eigenvalue weighted by Crippen LogP contribution is -2.14. The molecule has 1 aromatic carbocycles. The van der Waals surface area contributed by atoms with Crippen LogP contribution in [-0.4, -0.2) is 33.8 Å². The van der Waals surface area contributed by atoms with E-state index in [-0.39, 0.29) is 11.3 Å². The summed E-state index contributed by atoms with van der Waals surface area (Å²) in [6.07, 6.45) is -5.49. The Morgan fingerprint density at radius 2 is 1.89 bits per heavy atom. The molecule has 0 fully saturated rings. The first-order valence-corrected chi connectivity index (χ1v) is 6.09. The second kappa shape index (κ2) is 6.42.